The molecular weight excluding hydrogens is 462 g/mol. The van der Waals surface area contributed by atoms with Crippen LogP contribution in [0.3, 0.4) is 0 Å². The number of nitrogens with one attached hydrogen (secondary N) is 4. The van der Waals surface area contributed by atoms with Crippen LogP contribution >= 0.6 is 0 Å². The van der Waals surface area contributed by atoms with Crippen molar-refractivity contribution in [3.05, 3.63) is 53.9 Å². The van der Waals surface area contributed by atoms with E-state index in [1.54, 1.807) is 29.9 Å². The summed E-state index contributed by atoms with van der Waals surface area (Å²) in [5.41, 5.74) is 0.121. The number of nitrogens with zero attached hydrogens (tertiary/aromatic N) is 2. The molecule has 3 unspecified atom stereocenters. The molecule has 2 aliphatic rings. The number of anilines is 1. The van der Waals surface area contributed by atoms with Crippen molar-refractivity contribution in [2.75, 3.05) is 18.4 Å². The molecule has 12 heteroatoms. The number of hydrogen-bond donors (Lipinski definition) is 4. The fourth-order valence-electron chi connectivity index (χ4n) is 4.41. The van der Waals surface area contributed by atoms with Crippen molar-refractivity contribution in [2.45, 2.75) is 37.4 Å². The highest BCUT2D eigenvalue weighted by Gasteiger charge is 2.44. The van der Waals surface area contributed by atoms with Crippen LogP contribution in [0.15, 0.2) is 36.5 Å². The van der Waals surface area contributed by atoms with Gasteiger partial charge in [0.25, 0.3) is 5.91 Å². The molecule has 4 rings (SSSR count). The van der Waals surface area contributed by atoms with E-state index in [-0.39, 0.29) is 24.6 Å². The Morgan fingerprint density at radius 1 is 1.11 bits per heavy atom. The molecule has 2 saturated heterocycles. The third-order valence-electron chi connectivity index (χ3n) is 6.19. The lowest BCUT2D eigenvalue weighted by Crippen LogP contribution is -2.59. The van der Waals surface area contributed by atoms with E-state index in [0.717, 1.165) is 12.1 Å². The number of aryl methyl sites for hydroxylation is 1. The quantitative estimate of drug-likeness (QED) is 0.503. The number of piperidine rings is 1. The first-order valence-corrected chi connectivity index (χ1v) is 11.3. The van der Waals surface area contributed by atoms with E-state index in [2.05, 4.69) is 21.3 Å². The Morgan fingerprint density at radius 3 is 2.60 bits per heavy atom. The molecule has 0 bridgehead atoms. The van der Waals surface area contributed by atoms with Crippen molar-refractivity contribution in [3.8, 4) is 0 Å². The summed E-state index contributed by atoms with van der Waals surface area (Å²) in [4.78, 5) is 52.6. The molecule has 4 N–H and O–H groups in total. The maximum absolute atomic E-state index is 13.9. The highest BCUT2D eigenvalue weighted by Crippen LogP contribution is 2.23. The van der Waals surface area contributed by atoms with E-state index >= 15 is 0 Å². The molecule has 3 atom stereocenters. The molecule has 1 aromatic heterocycles. The van der Waals surface area contributed by atoms with Crippen molar-refractivity contribution in [3.63, 3.8) is 0 Å². The second-order valence-electron chi connectivity index (χ2n) is 8.56. The van der Waals surface area contributed by atoms with Crippen LogP contribution in [0.5, 0.6) is 0 Å². The summed E-state index contributed by atoms with van der Waals surface area (Å²) in [5.74, 6) is -3.03. The number of carbonyl (C=O) groups excluding carboxylic acids is 4. The Morgan fingerprint density at radius 2 is 1.91 bits per heavy atom. The van der Waals surface area contributed by atoms with Crippen molar-refractivity contribution in [1.82, 2.24) is 25.4 Å². The van der Waals surface area contributed by atoms with Crippen LogP contribution < -0.4 is 21.3 Å². The zero-order valence-electron chi connectivity index (χ0n) is 19.0. The van der Waals surface area contributed by atoms with Crippen molar-refractivity contribution in [2.24, 2.45) is 7.05 Å². The fourth-order valence-corrected chi connectivity index (χ4v) is 4.41. The van der Waals surface area contributed by atoms with E-state index in [4.69, 9.17) is 0 Å². The molecule has 5 amide bonds. The average molecular weight is 488 g/mol. The highest BCUT2D eigenvalue weighted by molar-refractivity contribution is 5.99. The second kappa shape index (κ2) is 10.1. The van der Waals surface area contributed by atoms with E-state index in [1.165, 1.54) is 4.90 Å². The molecule has 0 spiro atoms. The molecule has 3 heterocycles. The molecule has 2 aliphatic heterocycles. The average Bonchev–Trinajstić information content (AvgIpc) is 3.43. The molecule has 2 fully saturated rings. The molecule has 2 aromatic rings. The fraction of sp³-hybridized carbons (Fsp3) is 0.391. The summed E-state index contributed by atoms with van der Waals surface area (Å²) >= 11 is 0. The van der Waals surface area contributed by atoms with Crippen LogP contribution in [0, 0.1) is 11.6 Å². The van der Waals surface area contributed by atoms with Crippen LogP contribution in [-0.4, -0.2) is 64.4 Å². The maximum atomic E-state index is 13.9. The van der Waals surface area contributed by atoms with Crippen molar-refractivity contribution < 1.29 is 28.0 Å². The Kier molecular flexibility index (Phi) is 6.99. The number of halogens is 2. The zero-order chi connectivity index (χ0) is 25.1. The number of rotatable bonds is 5. The first kappa shape index (κ1) is 24.2. The third-order valence-corrected chi connectivity index (χ3v) is 6.19. The summed E-state index contributed by atoms with van der Waals surface area (Å²) < 4.78 is 28.7. The Labute approximate surface area is 200 Å². The summed E-state index contributed by atoms with van der Waals surface area (Å²) in [5, 5.41) is 10.3. The molecule has 0 aliphatic carbocycles. The first-order chi connectivity index (χ1) is 16.7. The largest absolute Gasteiger partial charge is 0.354 e. The standard InChI is InChI=1S/C23H26F2N6O4/c1-30-10-3-5-18(30)22(34)31-11-8-16(19(31)21(33)27-17-4-2-9-26-20(17)32)29-23(35)28-15-7-6-13(24)12-14(15)25/h3,5-7,10,12,16-17,19H,2,4,8-9,11H2,1H3,(H,26,32)(H,27,33)(H2,28,29,35). The van der Waals surface area contributed by atoms with Gasteiger partial charge in [-0.2, -0.15) is 0 Å². The van der Waals surface area contributed by atoms with Crippen molar-refractivity contribution in [1.29, 1.82) is 0 Å². The number of benzene rings is 1. The minimum atomic E-state index is -1.10. The first-order valence-electron chi connectivity index (χ1n) is 11.3. The van der Waals surface area contributed by atoms with Gasteiger partial charge in [0.05, 0.1) is 11.7 Å². The number of amides is 5. The molecule has 10 nitrogen and oxygen atoms in total. The van der Waals surface area contributed by atoms with Gasteiger partial charge in [0.15, 0.2) is 0 Å². The summed E-state index contributed by atoms with van der Waals surface area (Å²) in [6, 6.07) is 2.56. The van der Waals surface area contributed by atoms with Gasteiger partial charge in [0.1, 0.15) is 29.4 Å². The molecule has 186 valence electrons. The van der Waals surface area contributed by atoms with Crippen LogP contribution in [-0.2, 0) is 16.6 Å². The van der Waals surface area contributed by atoms with Gasteiger partial charge in [-0.25, -0.2) is 13.6 Å². The predicted octanol–water partition coefficient (Wildman–Crippen LogP) is 1.10. The number of likely N-dealkylation sites (tertiary alicyclic amines) is 1. The summed E-state index contributed by atoms with van der Waals surface area (Å²) in [6.07, 6.45) is 3.11. The lowest BCUT2D eigenvalue weighted by molar-refractivity contribution is -0.132. The zero-order valence-corrected chi connectivity index (χ0v) is 19.0. The lowest BCUT2D eigenvalue weighted by Gasteiger charge is -2.30. The van der Waals surface area contributed by atoms with E-state index in [9.17, 15) is 28.0 Å². The third kappa shape index (κ3) is 5.26. The predicted molar refractivity (Wildman–Crippen MR) is 121 cm³/mol. The van der Waals surface area contributed by atoms with Gasteiger partial charge >= 0.3 is 6.03 Å². The van der Waals surface area contributed by atoms with Crippen LogP contribution in [0.4, 0.5) is 19.3 Å². The van der Waals surface area contributed by atoms with E-state index < -0.39 is 47.6 Å². The number of hydrogen-bond acceptors (Lipinski definition) is 4. The minimum absolute atomic E-state index is 0.175. The van der Waals surface area contributed by atoms with Gasteiger partial charge in [0.2, 0.25) is 11.8 Å². The SMILES string of the molecule is Cn1cccc1C(=O)N1CCC(NC(=O)Nc2ccc(F)cc2F)C1C(=O)NC1CCCNC1=O. The van der Waals surface area contributed by atoms with Gasteiger partial charge < -0.3 is 30.7 Å². The van der Waals surface area contributed by atoms with Gasteiger partial charge in [-0.15, -0.1) is 0 Å². The normalized spacial score (nSPS) is 21.9. The van der Waals surface area contributed by atoms with Gasteiger partial charge in [-0.1, -0.05) is 0 Å². The molecule has 0 saturated carbocycles. The van der Waals surface area contributed by atoms with E-state index in [1.807, 2.05) is 0 Å². The molecule has 0 radical (unpaired) electrons. The van der Waals surface area contributed by atoms with Gasteiger partial charge in [0, 0.05) is 32.4 Å². The lowest BCUT2D eigenvalue weighted by atomic mass is 10.0. The second-order valence-corrected chi connectivity index (χ2v) is 8.56. The number of carbonyl (C=O) groups is 4. The number of aromatic nitrogens is 1. The summed E-state index contributed by atoms with van der Waals surface area (Å²) in [6.45, 7) is 0.700. The van der Waals surface area contributed by atoms with Crippen LogP contribution in [0.2, 0.25) is 0 Å². The minimum Gasteiger partial charge on any atom is -0.354 e. The van der Waals surface area contributed by atoms with Crippen LogP contribution in [0.1, 0.15) is 29.8 Å². The van der Waals surface area contributed by atoms with Crippen LogP contribution in [0.25, 0.3) is 0 Å². The summed E-state index contributed by atoms with van der Waals surface area (Å²) in [7, 11) is 1.70. The molecule has 1 aromatic carbocycles. The monoisotopic (exact) mass is 488 g/mol. The Bertz CT molecular complexity index is 1150. The molecule has 35 heavy (non-hydrogen) atoms. The Hall–Kier alpha value is -3.96. The highest BCUT2D eigenvalue weighted by atomic mass is 19.1. The van der Waals surface area contributed by atoms with Gasteiger partial charge in [-0.3, -0.25) is 14.4 Å². The van der Waals surface area contributed by atoms with Crippen molar-refractivity contribution >= 4 is 29.4 Å². The maximum Gasteiger partial charge on any atom is 0.319 e. The number of urea groups is 1. The molecular formula is C23H26F2N6O4. The smallest absolute Gasteiger partial charge is 0.319 e. The Balaban J connectivity index is 1.53. The van der Waals surface area contributed by atoms with E-state index in [0.29, 0.717) is 31.1 Å². The topological polar surface area (TPSA) is 125 Å². The van der Waals surface area contributed by atoms with Gasteiger partial charge in [-0.05, 0) is 43.5 Å².